The van der Waals surface area contributed by atoms with Crippen molar-refractivity contribution in [2.24, 2.45) is 0 Å². The van der Waals surface area contributed by atoms with Gasteiger partial charge in [0.1, 0.15) is 11.6 Å². The molecule has 1 heterocycles. The molecule has 0 radical (unpaired) electrons. The SMILES string of the molecule is COc1ccc(C(=O)/C=C2\NCCN2Cc2ccccc2Cl)cc1. The Kier molecular flexibility index (Phi) is 5.06. The third-order valence-corrected chi connectivity index (χ3v) is 4.36. The maximum absolute atomic E-state index is 12.5. The number of carbonyl (C=O) groups excluding carboxylic acids is 1. The van der Waals surface area contributed by atoms with Crippen molar-refractivity contribution in [2.45, 2.75) is 6.54 Å². The lowest BCUT2D eigenvalue weighted by molar-refractivity contribution is 0.104. The summed E-state index contributed by atoms with van der Waals surface area (Å²) in [5.41, 5.74) is 1.68. The smallest absolute Gasteiger partial charge is 0.189 e. The van der Waals surface area contributed by atoms with E-state index in [4.69, 9.17) is 16.3 Å². The fourth-order valence-corrected chi connectivity index (χ4v) is 2.85. The highest BCUT2D eigenvalue weighted by molar-refractivity contribution is 6.31. The van der Waals surface area contributed by atoms with Gasteiger partial charge in [0.05, 0.1) is 7.11 Å². The molecule has 3 rings (SSSR count). The first-order valence-electron chi connectivity index (χ1n) is 7.79. The van der Waals surface area contributed by atoms with Gasteiger partial charge in [-0.2, -0.15) is 0 Å². The third-order valence-electron chi connectivity index (χ3n) is 3.99. The van der Waals surface area contributed by atoms with E-state index in [9.17, 15) is 4.79 Å². The number of methoxy groups -OCH3 is 1. The minimum absolute atomic E-state index is 0.0359. The summed E-state index contributed by atoms with van der Waals surface area (Å²) in [6.45, 7) is 2.33. The fraction of sp³-hybridized carbons (Fsp3) is 0.211. The zero-order valence-corrected chi connectivity index (χ0v) is 14.2. The van der Waals surface area contributed by atoms with Crippen molar-refractivity contribution >= 4 is 17.4 Å². The summed E-state index contributed by atoms with van der Waals surface area (Å²) < 4.78 is 5.12. The summed E-state index contributed by atoms with van der Waals surface area (Å²) in [5, 5.41) is 4.01. The van der Waals surface area contributed by atoms with E-state index in [-0.39, 0.29) is 5.78 Å². The van der Waals surface area contributed by atoms with Gasteiger partial charge in [-0.05, 0) is 35.9 Å². The van der Waals surface area contributed by atoms with E-state index < -0.39 is 0 Å². The maximum Gasteiger partial charge on any atom is 0.189 e. The second-order valence-corrected chi connectivity index (χ2v) is 5.97. The van der Waals surface area contributed by atoms with Crippen molar-refractivity contribution in [3.8, 4) is 5.75 Å². The number of halogens is 1. The van der Waals surface area contributed by atoms with Crippen molar-refractivity contribution in [3.63, 3.8) is 0 Å². The minimum atomic E-state index is -0.0359. The molecule has 0 spiro atoms. The first-order chi connectivity index (χ1) is 11.7. The van der Waals surface area contributed by atoms with Gasteiger partial charge in [0.2, 0.25) is 0 Å². The van der Waals surface area contributed by atoms with E-state index >= 15 is 0 Å². The van der Waals surface area contributed by atoms with Crippen LogP contribution in [0.4, 0.5) is 0 Å². The van der Waals surface area contributed by atoms with Gasteiger partial charge >= 0.3 is 0 Å². The molecule has 4 nitrogen and oxygen atoms in total. The van der Waals surface area contributed by atoms with E-state index in [2.05, 4.69) is 10.2 Å². The number of ketones is 1. The van der Waals surface area contributed by atoms with E-state index in [0.29, 0.717) is 12.1 Å². The predicted molar refractivity (Wildman–Crippen MR) is 95.3 cm³/mol. The fourth-order valence-electron chi connectivity index (χ4n) is 2.65. The van der Waals surface area contributed by atoms with Gasteiger partial charge in [-0.25, -0.2) is 0 Å². The normalized spacial score (nSPS) is 15.4. The Hall–Kier alpha value is -2.46. The topological polar surface area (TPSA) is 41.6 Å². The lowest BCUT2D eigenvalue weighted by Crippen LogP contribution is -2.21. The molecule has 1 aliphatic rings. The molecule has 24 heavy (non-hydrogen) atoms. The highest BCUT2D eigenvalue weighted by atomic mass is 35.5. The number of rotatable bonds is 5. The molecule has 2 aromatic rings. The maximum atomic E-state index is 12.5. The molecular formula is C19H19ClN2O2. The van der Waals surface area contributed by atoms with E-state index in [1.54, 1.807) is 37.5 Å². The minimum Gasteiger partial charge on any atom is -0.497 e. The molecule has 1 aliphatic heterocycles. The summed E-state index contributed by atoms with van der Waals surface area (Å²) in [7, 11) is 1.61. The molecule has 5 heteroatoms. The first kappa shape index (κ1) is 16.4. The van der Waals surface area contributed by atoms with Crippen LogP contribution >= 0.6 is 11.6 Å². The lowest BCUT2D eigenvalue weighted by Gasteiger charge is -2.19. The van der Waals surface area contributed by atoms with Gasteiger partial charge in [-0.1, -0.05) is 29.8 Å². The van der Waals surface area contributed by atoms with Crippen molar-refractivity contribution in [2.75, 3.05) is 20.2 Å². The van der Waals surface area contributed by atoms with Crippen LogP contribution in [0.3, 0.4) is 0 Å². The summed E-state index contributed by atoms with van der Waals surface area (Å²) in [6.07, 6.45) is 1.64. The highest BCUT2D eigenvalue weighted by Crippen LogP contribution is 2.20. The molecule has 0 saturated carbocycles. The number of carbonyl (C=O) groups is 1. The highest BCUT2D eigenvalue weighted by Gasteiger charge is 2.19. The van der Waals surface area contributed by atoms with Crippen LogP contribution in [0.1, 0.15) is 15.9 Å². The van der Waals surface area contributed by atoms with Crippen LogP contribution in [0, 0.1) is 0 Å². The van der Waals surface area contributed by atoms with Crippen molar-refractivity contribution < 1.29 is 9.53 Å². The molecule has 0 aliphatic carbocycles. The van der Waals surface area contributed by atoms with E-state index in [1.165, 1.54) is 0 Å². The molecule has 2 aromatic carbocycles. The van der Waals surface area contributed by atoms with Gasteiger partial charge in [0.15, 0.2) is 5.78 Å². The molecule has 1 N–H and O–H groups in total. The number of hydrogen-bond donors (Lipinski definition) is 1. The van der Waals surface area contributed by atoms with Crippen molar-refractivity contribution in [1.82, 2.24) is 10.2 Å². The summed E-state index contributed by atoms with van der Waals surface area (Å²) in [6, 6.07) is 14.9. The zero-order chi connectivity index (χ0) is 16.9. The number of ether oxygens (including phenoxy) is 1. The van der Waals surface area contributed by atoms with Crippen LogP contribution in [-0.4, -0.2) is 30.9 Å². The molecule has 0 aromatic heterocycles. The van der Waals surface area contributed by atoms with Crippen LogP contribution in [0.5, 0.6) is 5.75 Å². The number of allylic oxidation sites excluding steroid dienone is 1. The molecule has 0 unspecified atom stereocenters. The van der Waals surface area contributed by atoms with Crippen LogP contribution in [0.25, 0.3) is 0 Å². The Morgan fingerprint density at radius 3 is 2.71 bits per heavy atom. The standard InChI is InChI=1S/C19H19ClN2O2/c1-24-16-8-6-14(7-9-16)18(23)12-19-21-10-11-22(19)13-15-4-2-3-5-17(15)20/h2-9,12,21H,10-11,13H2,1H3/b19-12+. The molecule has 1 fully saturated rings. The van der Waals surface area contributed by atoms with Crippen LogP contribution in [0.15, 0.2) is 60.4 Å². The predicted octanol–water partition coefficient (Wildman–Crippen LogP) is 3.48. The van der Waals surface area contributed by atoms with Gasteiger partial charge in [-0.3, -0.25) is 4.79 Å². The summed E-state index contributed by atoms with van der Waals surface area (Å²) in [4.78, 5) is 14.6. The largest absolute Gasteiger partial charge is 0.497 e. The van der Waals surface area contributed by atoms with Crippen molar-refractivity contribution in [1.29, 1.82) is 0 Å². The second kappa shape index (κ2) is 7.41. The Morgan fingerprint density at radius 1 is 1.25 bits per heavy atom. The van der Waals surface area contributed by atoms with Crippen LogP contribution in [0.2, 0.25) is 5.02 Å². The Bertz CT molecular complexity index is 756. The molecule has 0 bridgehead atoms. The van der Waals surface area contributed by atoms with Gasteiger partial charge in [0.25, 0.3) is 0 Å². The monoisotopic (exact) mass is 342 g/mol. The average molecular weight is 343 g/mol. The van der Waals surface area contributed by atoms with Gasteiger partial charge in [-0.15, -0.1) is 0 Å². The lowest BCUT2D eigenvalue weighted by atomic mass is 10.1. The van der Waals surface area contributed by atoms with Crippen LogP contribution < -0.4 is 10.1 Å². The summed E-state index contributed by atoms with van der Waals surface area (Å²) in [5.74, 6) is 1.53. The Labute approximate surface area is 146 Å². The number of benzene rings is 2. The number of hydrogen-bond acceptors (Lipinski definition) is 4. The molecule has 1 saturated heterocycles. The third kappa shape index (κ3) is 3.71. The molecule has 124 valence electrons. The van der Waals surface area contributed by atoms with Gasteiger partial charge in [0, 0.05) is 36.3 Å². The quantitative estimate of drug-likeness (QED) is 0.667. The first-order valence-corrected chi connectivity index (χ1v) is 8.17. The van der Waals surface area contributed by atoms with Crippen LogP contribution in [-0.2, 0) is 6.54 Å². The van der Waals surface area contributed by atoms with Crippen molar-refractivity contribution in [3.05, 3.63) is 76.6 Å². The summed E-state index contributed by atoms with van der Waals surface area (Å²) >= 11 is 6.24. The number of nitrogens with one attached hydrogen (secondary N) is 1. The molecule has 0 amide bonds. The average Bonchev–Trinajstić information content (AvgIpc) is 3.04. The molecule has 0 atom stereocenters. The second-order valence-electron chi connectivity index (χ2n) is 5.56. The van der Waals surface area contributed by atoms with E-state index in [1.807, 2.05) is 24.3 Å². The van der Waals surface area contributed by atoms with E-state index in [0.717, 1.165) is 35.2 Å². The number of nitrogens with zero attached hydrogens (tertiary/aromatic N) is 1. The Morgan fingerprint density at radius 2 is 2.00 bits per heavy atom. The van der Waals surface area contributed by atoms with Gasteiger partial charge < -0.3 is 15.0 Å². The Balaban J connectivity index is 1.75. The molecular weight excluding hydrogens is 324 g/mol. The zero-order valence-electron chi connectivity index (χ0n) is 13.5.